The second-order valence-electron chi connectivity index (χ2n) is 9.00. The molecule has 28 heavy (non-hydrogen) atoms. The summed E-state index contributed by atoms with van der Waals surface area (Å²) in [6.07, 6.45) is 7.35. The van der Waals surface area contributed by atoms with Crippen molar-refractivity contribution in [3.05, 3.63) is 35.0 Å². The highest BCUT2D eigenvalue weighted by Crippen LogP contribution is 2.37. The Bertz CT molecular complexity index is 916. The highest BCUT2D eigenvalue weighted by molar-refractivity contribution is 7.80. The Morgan fingerprint density at radius 2 is 2.00 bits per heavy atom. The molecule has 1 fully saturated rings. The van der Waals surface area contributed by atoms with Crippen LogP contribution in [0, 0.1) is 0 Å². The number of rotatable bonds is 3. The fraction of sp³-hybridized carbons (Fsp3) is 0.565. The first-order valence-electron chi connectivity index (χ1n) is 10.4. The maximum Gasteiger partial charge on any atom is 0.326 e. The van der Waals surface area contributed by atoms with Crippen molar-refractivity contribution in [2.75, 3.05) is 6.61 Å². The zero-order chi connectivity index (χ0) is 19.9. The van der Waals surface area contributed by atoms with E-state index in [9.17, 15) is 4.79 Å². The number of fused-ring (bicyclic) bond motifs is 3. The summed E-state index contributed by atoms with van der Waals surface area (Å²) in [7, 11) is 0. The maximum absolute atomic E-state index is 12.5. The van der Waals surface area contributed by atoms with E-state index in [1.54, 1.807) is 0 Å². The SMILES string of the molecule is CC(C)(C)OC(=O)Cn1c2c(c3cc(C4CCCCC4)ccc31)CCOC2=S. The number of hydrogen-bond donors (Lipinski definition) is 0. The van der Waals surface area contributed by atoms with Crippen LogP contribution in [-0.2, 0) is 27.2 Å². The van der Waals surface area contributed by atoms with Crippen LogP contribution in [0.25, 0.3) is 10.9 Å². The van der Waals surface area contributed by atoms with E-state index in [4.69, 9.17) is 21.7 Å². The summed E-state index contributed by atoms with van der Waals surface area (Å²) < 4.78 is 13.2. The van der Waals surface area contributed by atoms with Crippen molar-refractivity contribution in [2.45, 2.75) is 77.4 Å². The van der Waals surface area contributed by atoms with Crippen LogP contribution in [0.1, 0.15) is 75.6 Å². The number of benzene rings is 1. The Morgan fingerprint density at radius 3 is 2.71 bits per heavy atom. The van der Waals surface area contributed by atoms with Crippen molar-refractivity contribution in [3.8, 4) is 0 Å². The van der Waals surface area contributed by atoms with E-state index in [2.05, 4.69) is 18.2 Å². The van der Waals surface area contributed by atoms with Crippen molar-refractivity contribution in [2.24, 2.45) is 0 Å². The molecule has 0 spiro atoms. The largest absolute Gasteiger partial charge is 0.481 e. The summed E-state index contributed by atoms with van der Waals surface area (Å²) in [4.78, 5) is 12.5. The Hall–Kier alpha value is -1.88. The third-order valence-electron chi connectivity index (χ3n) is 5.75. The third-order valence-corrected chi connectivity index (χ3v) is 6.07. The molecule has 0 radical (unpaired) electrons. The quantitative estimate of drug-likeness (QED) is 0.520. The fourth-order valence-electron chi connectivity index (χ4n) is 4.60. The molecule has 0 amide bonds. The first-order chi connectivity index (χ1) is 13.3. The van der Waals surface area contributed by atoms with Gasteiger partial charge in [-0.2, -0.15) is 0 Å². The van der Waals surface area contributed by atoms with Crippen molar-refractivity contribution >= 4 is 34.1 Å². The van der Waals surface area contributed by atoms with Gasteiger partial charge in [-0.25, -0.2) is 0 Å². The average Bonchev–Trinajstić information content (AvgIpc) is 2.95. The van der Waals surface area contributed by atoms with Crippen LogP contribution in [0.3, 0.4) is 0 Å². The lowest BCUT2D eigenvalue weighted by Crippen LogP contribution is -2.28. The lowest BCUT2D eigenvalue weighted by Gasteiger charge is -2.22. The molecule has 1 aromatic carbocycles. The molecule has 0 unspecified atom stereocenters. The van der Waals surface area contributed by atoms with Gasteiger partial charge in [0, 0.05) is 17.3 Å². The van der Waals surface area contributed by atoms with E-state index >= 15 is 0 Å². The predicted molar refractivity (Wildman–Crippen MR) is 115 cm³/mol. The first kappa shape index (κ1) is 19.4. The van der Waals surface area contributed by atoms with Crippen LogP contribution in [-0.4, -0.2) is 27.8 Å². The Morgan fingerprint density at radius 1 is 1.25 bits per heavy atom. The minimum atomic E-state index is -0.509. The Balaban J connectivity index is 1.76. The molecule has 150 valence electrons. The van der Waals surface area contributed by atoms with Crippen molar-refractivity contribution < 1.29 is 14.3 Å². The van der Waals surface area contributed by atoms with Crippen molar-refractivity contribution in [3.63, 3.8) is 0 Å². The average molecular weight is 400 g/mol. The lowest BCUT2D eigenvalue weighted by atomic mass is 9.83. The van der Waals surface area contributed by atoms with Crippen LogP contribution in [0.15, 0.2) is 18.2 Å². The maximum atomic E-state index is 12.5. The topological polar surface area (TPSA) is 40.5 Å². The number of hydrogen-bond acceptors (Lipinski definition) is 4. The predicted octanol–water partition coefficient (Wildman–Crippen LogP) is 5.28. The standard InChI is InChI=1S/C23H29NO3S/c1-23(2,3)27-20(25)14-24-19-10-9-16(15-7-5-4-6-8-15)13-18(19)17-11-12-26-22(28)21(17)24/h9-10,13,15H,4-8,11-12,14H2,1-3H3. The molecule has 4 nitrogen and oxygen atoms in total. The Kier molecular flexibility index (Phi) is 5.21. The molecule has 2 aliphatic rings. The van der Waals surface area contributed by atoms with E-state index in [0.717, 1.165) is 17.6 Å². The van der Waals surface area contributed by atoms with Gasteiger partial charge in [-0.3, -0.25) is 4.79 Å². The van der Waals surface area contributed by atoms with E-state index in [0.29, 0.717) is 17.6 Å². The van der Waals surface area contributed by atoms with Gasteiger partial charge in [0.25, 0.3) is 0 Å². The van der Waals surface area contributed by atoms with Gasteiger partial charge in [-0.1, -0.05) is 25.3 Å². The molecular formula is C23H29NO3S. The van der Waals surface area contributed by atoms with E-state index in [1.807, 2.05) is 25.3 Å². The minimum Gasteiger partial charge on any atom is -0.481 e. The van der Waals surface area contributed by atoms with Gasteiger partial charge in [0.2, 0.25) is 5.05 Å². The monoisotopic (exact) mass is 399 g/mol. The number of thiocarbonyl (C=S) groups is 1. The van der Waals surface area contributed by atoms with Gasteiger partial charge in [-0.05, 0) is 75.0 Å². The lowest BCUT2D eigenvalue weighted by molar-refractivity contribution is -0.155. The number of ether oxygens (including phenoxy) is 2. The minimum absolute atomic E-state index is 0.148. The van der Waals surface area contributed by atoms with Gasteiger partial charge in [0.1, 0.15) is 17.8 Å². The second-order valence-corrected chi connectivity index (χ2v) is 9.37. The number of nitrogens with zero attached hydrogens (tertiary/aromatic N) is 1. The molecule has 2 heterocycles. The molecule has 0 bridgehead atoms. The molecule has 1 saturated carbocycles. The molecule has 2 aromatic rings. The molecule has 0 atom stereocenters. The van der Waals surface area contributed by atoms with Crippen LogP contribution >= 0.6 is 12.2 Å². The molecule has 5 heteroatoms. The molecule has 1 aliphatic carbocycles. The molecule has 1 aromatic heterocycles. The summed E-state index contributed by atoms with van der Waals surface area (Å²) in [5.41, 5.74) is 4.05. The van der Waals surface area contributed by atoms with E-state index < -0.39 is 5.60 Å². The van der Waals surface area contributed by atoms with Crippen molar-refractivity contribution in [1.82, 2.24) is 4.57 Å². The number of carbonyl (C=O) groups excluding carboxylic acids is 1. The number of carbonyl (C=O) groups is 1. The van der Waals surface area contributed by atoms with Crippen LogP contribution < -0.4 is 0 Å². The summed E-state index contributed by atoms with van der Waals surface area (Å²) in [6, 6.07) is 6.73. The molecule has 4 rings (SSSR count). The van der Waals surface area contributed by atoms with E-state index in [1.165, 1.54) is 48.6 Å². The first-order valence-corrected chi connectivity index (χ1v) is 10.8. The van der Waals surface area contributed by atoms with Crippen LogP contribution in [0.2, 0.25) is 0 Å². The van der Waals surface area contributed by atoms with Gasteiger partial charge in [0.15, 0.2) is 0 Å². The summed E-state index contributed by atoms with van der Waals surface area (Å²) in [6.45, 7) is 6.41. The third kappa shape index (κ3) is 3.82. The fourth-order valence-corrected chi connectivity index (χ4v) is 4.92. The zero-order valence-electron chi connectivity index (χ0n) is 17.0. The summed E-state index contributed by atoms with van der Waals surface area (Å²) in [5, 5.41) is 1.70. The molecule has 0 saturated heterocycles. The molecule has 1 aliphatic heterocycles. The van der Waals surface area contributed by atoms with Gasteiger partial charge >= 0.3 is 5.97 Å². The number of aromatic nitrogens is 1. The van der Waals surface area contributed by atoms with Gasteiger partial charge in [0.05, 0.1) is 6.61 Å². The zero-order valence-corrected chi connectivity index (χ0v) is 17.9. The van der Waals surface area contributed by atoms with Gasteiger partial charge in [-0.15, -0.1) is 0 Å². The highest BCUT2D eigenvalue weighted by atomic mass is 32.1. The smallest absolute Gasteiger partial charge is 0.326 e. The second kappa shape index (κ2) is 7.51. The molecular weight excluding hydrogens is 370 g/mol. The van der Waals surface area contributed by atoms with Crippen LogP contribution in [0.5, 0.6) is 0 Å². The summed E-state index contributed by atoms with van der Waals surface area (Å²) >= 11 is 5.51. The number of esters is 1. The normalized spacial score (nSPS) is 18.0. The van der Waals surface area contributed by atoms with Gasteiger partial charge < -0.3 is 14.0 Å². The highest BCUT2D eigenvalue weighted by Gasteiger charge is 2.28. The molecule has 0 N–H and O–H groups in total. The Labute approximate surface area is 172 Å². The van der Waals surface area contributed by atoms with Crippen LogP contribution in [0.4, 0.5) is 0 Å². The van der Waals surface area contributed by atoms with E-state index in [-0.39, 0.29) is 12.5 Å². The summed E-state index contributed by atoms with van der Waals surface area (Å²) in [5.74, 6) is 0.395. The van der Waals surface area contributed by atoms with Crippen molar-refractivity contribution in [1.29, 1.82) is 0 Å².